The monoisotopic (exact) mass is 275 g/mol. The number of hydrogen-bond acceptors (Lipinski definition) is 4. The fourth-order valence-electron chi connectivity index (χ4n) is 1.97. The molecule has 5 nitrogen and oxygen atoms in total. The molecule has 17 heavy (non-hydrogen) atoms. The van der Waals surface area contributed by atoms with Gasteiger partial charge >= 0.3 is 0 Å². The average Bonchev–Trinajstić information content (AvgIpc) is 2.69. The molecule has 7 heteroatoms. The maximum atomic E-state index is 12.3. The first kappa shape index (κ1) is 12.6. The molecule has 1 aliphatic rings. The predicted molar refractivity (Wildman–Crippen MR) is 66.2 cm³/mol. The number of nitrogens with zero attached hydrogens (tertiary/aromatic N) is 2. The summed E-state index contributed by atoms with van der Waals surface area (Å²) in [5, 5.41) is 0.165. The molecule has 1 saturated heterocycles. The number of aromatic nitrogens is 1. The van der Waals surface area contributed by atoms with E-state index >= 15 is 0 Å². The predicted octanol–water partition coefficient (Wildman–Crippen LogP) is 1.49. The van der Waals surface area contributed by atoms with Crippen molar-refractivity contribution in [2.45, 2.75) is 30.7 Å². The summed E-state index contributed by atoms with van der Waals surface area (Å²) in [6.07, 6.45) is 3.02. The zero-order valence-electron chi connectivity index (χ0n) is 9.43. The van der Waals surface area contributed by atoms with Crippen molar-refractivity contribution in [1.29, 1.82) is 0 Å². The Bertz CT molecular complexity index is 532. The van der Waals surface area contributed by atoms with Crippen LogP contribution in [0.25, 0.3) is 0 Å². The van der Waals surface area contributed by atoms with Crippen molar-refractivity contribution >= 4 is 27.4 Å². The molecule has 0 spiro atoms. The van der Waals surface area contributed by atoms with E-state index in [2.05, 4.69) is 4.98 Å². The zero-order valence-corrected chi connectivity index (χ0v) is 11.0. The van der Waals surface area contributed by atoms with Gasteiger partial charge in [0.25, 0.3) is 0 Å². The van der Waals surface area contributed by atoms with Crippen LogP contribution in [0, 0.1) is 0 Å². The number of anilines is 1. The lowest BCUT2D eigenvalue weighted by Crippen LogP contribution is -2.33. The molecule has 1 aliphatic heterocycles. The Hall–Kier alpha value is -0.850. The van der Waals surface area contributed by atoms with Gasteiger partial charge in [0.2, 0.25) is 10.0 Å². The van der Waals surface area contributed by atoms with Gasteiger partial charge in [-0.25, -0.2) is 13.4 Å². The van der Waals surface area contributed by atoms with Crippen LogP contribution in [0.2, 0.25) is 5.02 Å². The van der Waals surface area contributed by atoms with Crippen LogP contribution < -0.4 is 5.73 Å². The molecular weight excluding hydrogens is 262 g/mol. The van der Waals surface area contributed by atoms with Crippen molar-refractivity contribution < 1.29 is 8.42 Å². The van der Waals surface area contributed by atoms with Crippen LogP contribution in [0.3, 0.4) is 0 Å². The number of sulfonamides is 1. The minimum atomic E-state index is -3.50. The first-order chi connectivity index (χ1) is 7.93. The van der Waals surface area contributed by atoms with Gasteiger partial charge in [-0.15, -0.1) is 0 Å². The van der Waals surface area contributed by atoms with Crippen molar-refractivity contribution in [1.82, 2.24) is 9.29 Å². The third kappa shape index (κ3) is 2.25. The summed E-state index contributed by atoms with van der Waals surface area (Å²) in [6, 6.07) is 1.38. The summed E-state index contributed by atoms with van der Waals surface area (Å²) >= 11 is 5.79. The molecule has 1 aromatic rings. The highest BCUT2D eigenvalue weighted by Gasteiger charge is 2.33. The highest BCUT2D eigenvalue weighted by Crippen LogP contribution is 2.27. The van der Waals surface area contributed by atoms with E-state index in [-0.39, 0.29) is 21.8 Å². The third-order valence-electron chi connectivity index (χ3n) is 2.94. The third-order valence-corrected chi connectivity index (χ3v) is 5.22. The maximum absolute atomic E-state index is 12.3. The van der Waals surface area contributed by atoms with E-state index < -0.39 is 10.0 Å². The Morgan fingerprint density at radius 2 is 2.29 bits per heavy atom. The Morgan fingerprint density at radius 1 is 1.59 bits per heavy atom. The van der Waals surface area contributed by atoms with Crippen LogP contribution in [0.1, 0.15) is 19.8 Å². The van der Waals surface area contributed by atoms with Crippen molar-refractivity contribution in [2.24, 2.45) is 0 Å². The Morgan fingerprint density at radius 3 is 2.82 bits per heavy atom. The molecule has 0 radical (unpaired) electrons. The first-order valence-electron chi connectivity index (χ1n) is 5.36. The van der Waals surface area contributed by atoms with Crippen molar-refractivity contribution in [3.63, 3.8) is 0 Å². The van der Waals surface area contributed by atoms with E-state index in [4.69, 9.17) is 17.3 Å². The summed E-state index contributed by atoms with van der Waals surface area (Å²) in [7, 11) is -3.50. The lowest BCUT2D eigenvalue weighted by Gasteiger charge is -2.20. The fourth-order valence-corrected chi connectivity index (χ4v) is 3.87. The van der Waals surface area contributed by atoms with Gasteiger partial charge in [-0.1, -0.05) is 11.6 Å². The van der Waals surface area contributed by atoms with Crippen LogP contribution in [0.15, 0.2) is 17.2 Å². The molecule has 2 N–H and O–H groups in total. The molecule has 1 aromatic heterocycles. The number of nitrogen functional groups attached to an aromatic ring is 1. The molecular formula is C10H14ClN3O2S. The minimum absolute atomic E-state index is 0.0244. The van der Waals surface area contributed by atoms with E-state index in [1.54, 1.807) is 0 Å². The molecule has 1 atom stereocenters. The van der Waals surface area contributed by atoms with E-state index in [0.29, 0.717) is 6.54 Å². The van der Waals surface area contributed by atoms with Crippen LogP contribution in [0.5, 0.6) is 0 Å². The second kappa shape index (κ2) is 4.44. The number of pyridine rings is 1. The summed E-state index contributed by atoms with van der Waals surface area (Å²) in [6.45, 7) is 2.45. The lowest BCUT2D eigenvalue weighted by molar-refractivity contribution is 0.408. The summed E-state index contributed by atoms with van der Waals surface area (Å²) in [5.74, 6) is 0.139. The summed E-state index contributed by atoms with van der Waals surface area (Å²) in [5.41, 5.74) is 5.46. The topological polar surface area (TPSA) is 76.3 Å². The van der Waals surface area contributed by atoms with Crippen molar-refractivity contribution in [2.75, 3.05) is 12.3 Å². The second-order valence-corrected chi connectivity index (χ2v) is 6.44. The molecule has 1 fully saturated rings. The van der Waals surface area contributed by atoms with Crippen LogP contribution >= 0.6 is 11.6 Å². The SMILES string of the molecule is CC1CCCN1S(=O)(=O)c1cnc(N)c(Cl)c1. The van der Waals surface area contributed by atoms with Gasteiger partial charge in [0, 0.05) is 18.8 Å². The molecule has 0 aliphatic carbocycles. The number of nitrogens with two attached hydrogens (primary N) is 1. The Kier molecular flexibility index (Phi) is 3.29. The summed E-state index contributed by atoms with van der Waals surface area (Å²) in [4.78, 5) is 3.88. The van der Waals surface area contributed by atoms with Gasteiger partial charge in [-0.2, -0.15) is 4.31 Å². The van der Waals surface area contributed by atoms with Crippen LogP contribution in [-0.4, -0.2) is 30.3 Å². The van der Waals surface area contributed by atoms with Crippen LogP contribution in [0.4, 0.5) is 5.82 Å². The molecule has 0 bridgehead atoms. The molecule has 2 heterocycles. The number of halogens is 1. The Balaban J connectivity index is 2.41. The smallest absolute Gasteiger partial charge is 0.244 e. The van der Waals surface area contributed by atoms with E-state index in [0.717, 1.165) is 12.8 Å². The van der Waals surface area contributed by atoms with Crippen LogP contribution in [-0.2, 0) is 10.0 Å². The largest absolute Gasteiger partial charge is 0.382 e. The standard InChI is InChI=1S/C10H14ClN3O2S/c1-7-3-2-4-14(7)17(15,16)8-5-9(11)10(12)13-6-8/h5-7H,2-4H2,1H3,(H2,12,13). The van der Waals surface area contributed by atoms with E-state index in [1.165, 1.54) is 16.6 Å². The summed E-state index contributed by atoms with van der Waals surface area (Å²) < 4.78 is 26.1. The number of rotatable bonds is 2. The second-order valence-electron chi connectivity index (χ2n) is 4.15. The van der Waals surface area contributed by atoms with Crippen molar-refractivity contribution in [3.8, 4) is 0 Å². The van der Waals surface area contributed by atoms with Crippen molar-refractivity contribution in [3.05, 3.63) is 17.3 Å². The number of hydrogen-bond donors (Lipinski definition) is 1. The average molecular weight is 276 g/mol. The Labute approximate surface area is 106 Å². The van der Waals surface area contributed by atoms with Gasteiger partial charge in [-0.05, 0) is 25.8 Å². The zero-order chi connectivity index (χ0) is 12.6. The molecule has 94 valence electrons. The maximum Gasteiger partial charge on any atom is 0.244 e. The van der Waals surface area contributed by atoms with Gasteiger partial charge in [0.1, 0.15) is 10.7 Å². The molecule has 0 amide bonds. The fraction of sp³-hybridized carbons (Fsp3) is 0.500. The molecule has 0 aromatic carbocycles. The molecule has 1 unspecified atom stereocenters. The van der Waals surface area contributed by atoms with Gasteiger partial charge in [0.15, 0.2) is 0 Å². The molecule has 2 rings (SSSR count). The quantitative estimate of drug-likeness (QED) is 0.887. The van der Waals surface area contributed by atoms with Gasteiger partial charge in [-0.3, -0.25) is 0 Å². The normalized spacial score (nSPS) is 21.9. The van der Waals surface area contributed by atoms with Gasteiger partial charge in [0.05, 0.1) is 5.02 Å². The van der Waals surface area contributed by atoms with E-state index in [9.17, 15) is 8.42 Å². The highest BCUT2D eigenvalue weighted by molar-refractivity contribution is 7.89. The first-order valence-corrected chi connectivity index (χ1v) is 7.17. The lowest BCUT2D eigenvalue weighted by atomic mass is 10.3. The van der Waals surface area contributed by atoms with E-state index in [1.807, 2.05) is 6.92 Å². The van der Waals surface area contributed by atoms with Gasteiger partial charge < -0.3 is 5.73 Å². The highest BCUT2D eigenvalue weighted by atomic mass is 35.5. The molecule has 0 saturated carbocycles. The minimum Gasteiger partial charge on any atom is -0.382 e.